The van der Waals surface area contributed by atoms with Gasteiger partial charge < -0.3 is 5.73 Å². The van der Waals surface area contributed by atoms with Gasteiger partial charge in [-0.3, -0.25) is 4.68 Å². The van der Waals surface area contributed by atoms with Crippen molar-refractivity contribution >= 4 is 15.7 Å². The molecule has 0 bridgehead atoms. The first-order valence-corrected chi connectivity index (χ1v) is 7.40. The smallest absolute Gasteiger partial charge is 0.240 e. The summed E-state index contributed by atoms with van der Waals surface area (Å²) in [6, 6.07) is 5.19. The number of nitrogens with zero attached hydrogens (tertiary/aromatic N) is 2. The van der Waals surface area contributed by atoms with Crippen LogP contribution in [0.2, 0.25) is 0 Å². The van der Waals surface area contributed by atoms with E-state index < -0.39 is 15.8 Å². The predicted octanol–water partition coefficient (Wildman–Crippen LogP) is 0.662. The summed E-state index contributed by atoms with van der Waals surface area (Å²) in [5.41, 5.74) is 6.00. The second-order valence-corrected chi connectivity index (χ2v) is 6.08. The van der Waals surface area contributed by atoms with E-state index in [0.717, 1.165) is 11.8 Å². The van der Waals surface area contributed by atoms with E-state index in [1.807, 2.05) is 0 Å². The lowest BCUT2D eigenvalue weighted by Crippen LogP contribution is -2.26. The summed E-state index contributed by atoms with van der Waals surface area (Å²) >= 11 is 0. The van der Waals surface area contributed by atoms with Crippen molar-refractivity contribution in [3.63, 3.8) is 0 Å². The van der Waals surface area contributed by atoms with Crippen LogP contribution in [0.1, 0.15) is 5.69 Å². The molecule has 0 fully saturated rings. The highest BCUT2D eigenvalue weighted by atomic mass is 32.2. The molecule has 2 aromatic rings. The lowest BCUT2D eigenvalue weighted by molar-refractivity contribution is 0.577. The predicted molar refractivity (Wildman–Crippen MR) is 72.9 cm³/mol. The van der Waals surface area contributed by atoms with Crippen molar-refractivity contribution in [3.8, 4) is 0 Å². The highest BCUT2D eigenvalue weighted by Crippen LogP contribution is 2.15. The maximum atomic E-state index is 13.3. The molecule has 2 rings (SSSR count). The van der Waals surface area contributed by atoms with Crippen LogP contribution in [0.4, 0.5) is 10.1 Å². The largest absolute Gasteiger partial charge is 0.396 e. The third-order valence-electron chi connectivity index (χ3n) is 2.72. The molecule has 0 unspecified atom stereocenters. The lowest BCUT2D eigenvalue weighted by atomic mass is 10.3. The zero-order chi connectivity index (χ0) is 14.8. The van der Waals surface area contributed by atoms with Gasteiger partial charge in [-0.25, -0.2) is 17.5 Å². The second-order valence-electron chi connectivity index (χ2n) is 4.31. The third kappa shape index (κ3) is 3.34. The van der Waals surface area contributed by atoms with Crippen LogP contribution in [0.25, 0.3) is 0 Å². The van der Waals surface area contributed by atoms with E-state index in [0.29, 0.717) is 6.42 Å². The van der Waals surface area contributed by atoms with Crippen LogP contribution in [0.5, 0.6) is 0 Å². The van der Waals surface area contributed by atoms with E-state index in [1.165, 1.54) is 12.1 Å². The standard InChI is InChI=1S/C12H15FN4O2S/c1-17-7-5-9(16-17)4-6-15-20(18,19)10-2-3-12(14)11(13)8-10/h2-3,5,7-8,15H,4,6,14H2,1H3. The van der Waals surface area contributed by atoms with Crippen LogP contribution in [-0.2, 0) is 23.5 Å². The number of hydrogen-bond donors (Lipinski definition) is 2. The molecule has 8 heteroatoms. The number of hydrogen-bond acceptors (Lipinski definition) is 4. The summed E-state index contributed by atoms with van der Waals surface area (Å²) in [6.45, 7) is 0.186. The zero-order valence-corrected chi connectivity index (χ0v) is 11.7. The Labute approximate surface area is 116 Å². The zero-order valence-electron chi connectivity index (χ0n) is 10.9. The Morgan fingerprint density at radius 2 is 2.15 bits per heavy atom. The average molecular weight is 298 g/mol. The molecule has 20 heavy (non-hydrogen) atoms. The number of benzene rings is 1. The van der Waals surface area contributed by atoms with Gasteiger partial charge in [0.15, 0.2) is 0 Å². The van der Waals surface area contributed by atoms with Gasteiger partial charge in [0.25, 0.3) is 0 Å². The number of halogens is 1. The molecular weight excluding hydrogens is 283 g/mol. The number of sulfonamides is 1. The van der Waals surface area contributed by atoms with E-state index in [-0.39, 0.29) is 17.1 Å². The average Bonchev–Trinajstić information content (AvgIpc) is 2.78. The van der Waals surface area contributed by atoms with Gasteiger partial charge in [-0.05, 0) is 24.3 Å². The monoisotopic (exact) mass is 298 g/mol. The van der Waals surface area contributed by atoms with Crippen molar-refractivity contribution in [1.29, 1.82) is 0 Å². The first kappa shape index (κ1) is 14.5. The van der Waals surface area contributed by atoms with Gasteiger partial charge in [-0.15, -0.1) is 0 Å². The van der Waals surface area contributed by atoms with E-state index >= 15 is 0 Å². The van der Waals surface area contributed by atoms with Crippen molar-refractivity contribution in [2.24, 2.45) is 7.05 Å². The summed E-state index contributed by atoms with van der Waals surface area (Å²) in [5.74, 6) is -0.752. The summed E-state index contributed by atoms with van der Waals surface area (Å²) < 4.78 is 41.2. The molecule has 3 N–H and O–H groups in total. The Morgan fingerprint density at radius 3 is 2.75 bits per heavy atom. The fraction of sp³-hybridized carbons (Fsp3) is 0.250. The van der Waals surface area contributed by atoms with Crippen molar-refractivity contribution in [2.45, 2.75) is 11.3 Å². The Hall–Kier alpha value is -1.93. The van der Waals surface area contributed by atoms with Crippen molar-refractivity contribution in [3.05, 3.63) is 42.0 Å². The normalized spacial score (nSPS) is 11.7. The van der Waals surface area contributed by atoms with Crippen LogP contribution in [0, 0.1) is 5.82 Å². The first-order chi connectivity index (χ1) is 9.38. The fourth-order valence-corrected chi connectivity index (χ4v) is 2.71. The summed E-state index contributed by atoms with van der Waals surface area (Å²) in [6.07, 6.45) is 2.23. The first-order valence-electron chi connectivity index (χ1n) is 5.92. The lowest BCUT2D eigenvalue weighted by Gasteiger charge is -2.06. The number of nitrogens with two attached hydrogens (primary N) is 1. The molecule has 0 spiro atoms. The van der Waals surface area contributed by atoms with Crippen LogP contribution in [-0.4, -0.2) is 24.7 Å². The van der Waals surface area contributed by atoms with Crippen LogP contribution in [0.15, 0.2) is 35.4 Å². The highest BCUT2D eigenvalue weighted by Gasteiger charge is 2.15. The molecular formula is C12H15FN4O2S. The number of anilines is 1. The molecule has 0 aliphatic carbocycles. The molecule has 1 aromatic heterocycles. The molecule has 108 valence electrons. The summed E-state index contributed by atoms with van der Waals surface area (Å²) in [5, 5.41) is 4.13. The molecule has 0 amide bonds. The van der Waals surface area contributed by atoms with Gasteiger partial charge in [0, 0.05) is 26.2 Å². The van der Waals surface area contributed by atoms with Crippen molar-refractivity contribution in [2.75, 3.05) is 12.3 Å². The van der Waals surface area contributed by atoms with Gasteiger partial charge in [0.05, 0.1) is 16.3 Å². The highest BCUT2D eigenvalue weighted by molar-refractivity contribution is 7.89. The Kier molecular flexibility index (Phi) is 4.05. The van der Waals surface area contributed by atoms with E-state index in [2.05, 4.69) is 9.82 Å². The van der Waals surface area contributed by atoms with Crippen LogP contribution >= 0.6 is 0 Å². The van der Waals surface area contributed by atoms with E-state index in [1.54, 1.807) is 24.0 Å². The van der Waals surface area contributed by atoms with Gasteiger partial charge in [-0.2, -0.15) is 5.10 Å². The van der Waals surface area contributed by atoms with Crippen molar-refractivity contribution in [1.82, 2.24) is 14.5 Å². The minimum absolute atomic E-state index is 0.0857. The second kappa shape index (κ2) is 5.59. The fourth-order valence-electron chi connectivity index (χ4n) is 1.67. The molecule has 6 nitrogen and oxygen atoms in total. The molecule has 0 atom stereocenters. The topological polar surface area (TPSA) is 90.0 Å². The van der Waals surface area contributed by atoms with Crippen LogP contribution in [0.3, 0.4) is 0 Å². The van der Waals surface area contributed by atoms with Gasteiger partial charge in [0.2, 0.25) is 10.0 Å². The number of rotatable bonds is 5. The number of aryl methyl sites for hydroxylation is 1. The Morgan fingerprint density at radius 1 is 1.40 bits per heavy atom. The molecule has 0 aliphatic heterocycles. The van der Waals surface area contributed by atoms with Gasteiger partial charge in [0.1, 0.15) is 5.82 Å². The minimum Gasteiger partial charge on any atom is -0.396 e. The Bertz CT molecular complexity index is 712. The minimum atomic E-state index is -3.74. The van der Waals surface area contributed by atoms with E-state index in [9.17, 15) is 12.8 Å². The maximum Gasteiger partial charge on any atom is 0.240 e. The molecule has 0 aliphatic rings. The van der Waals surface area contributed by atoms with Crippen molar-refractivity contribution < 1.29 is 12.8 Å². The molecule has 1 heterocycles. The maximum absolute atomic E-state index is 13.3. The third-order valence-corrected chi connectivity index (χ3v) is 4.18. The van der Waals surface area contributed by atoms with E-state index in [4.69, 9.17) is 5.73 Å². The quantitative estimate of drug-likeness (QED) is 0.794. The molecule has 1 aromatic carbocycles. The number of nitrogens with one attached hydrogen (secondary N) is 1. The number of nitrogen functional groups attached to an aromatic ring is 1. The summed E-state index contributed by atoms with van der Waals surface area (Å²) in [7, 11) is -1.96. The van der Waals surface area contributed by atoms with Crippen LogP contribution < -0.4 is 10.5 Å². The molecule has 0 saturated heterocycles. The molecule has 0 radical (unpaired) electrons. The number of aromatic nitrogens is 2. The SMILES string of the molecule is Cn1ccc(CCNS(=O)(=O)c2ccc(N)c(F)c2)n1. The van der Waals surface area contributed by atoms with Gasteiger partial charge in [-0.1, -0.05) is 0 Å². The summed E-state index contributed by atoms with van der Waals surface area (Å²) in [4.78, 5) is -0.148. The molecule has 0 saturated carbocycles. The Balaban J connectivity index is 2.02. The van der Waals surface area contributed by atoms with Gasteiger partial charge >= 0.3 is 0 Å².